The van der Waals surface area contributed by atoms with Gasteiger partial charge in [-0.25, -0.2) is 0 Å². The molecule has 0 amide bonds. The van der Waals surface area contributed by atoms with Crippen LogP contribution in [0.4, 0.5) is 0 Å². The predicted octanol–water partition coefficient (Wildman–Crippen LogP) is 5.60. The Kier molecular flexibility index (Phi) is 12.9. The van der Waals surface area contributed by atoms with Gasteiger partial charge in [-0.1, -0.05) is 71.0 Å². The minimum Gasteiger partial charge on any atom is -0.119 e. The van der Waals surface area contributed by atoms with Gasteiger partial charge in [-0.3, -0.25) is 0 Å². The average molecular weight is 246 g/mol. The van der Waals surface area contributed by atoms with Crippen LogP contribution in [0.15, 0.2) is 0 Å². The van der Waals surface area contributed by atoms with Gasteiger partial charge in [-0.15, -0.1) is 11.8 Å². The summed E-state index contributed by atoms with van der Waals surface area (Å²) in [6.45, 7) is 4.44. The first-order valence-corrected chi connectivity index (χ1v) is 7.86. The second-order valence-corrected chi connectivity index (χ2v) is 6.14. The molecule has 0 nitrogen and oxygen atoms in total. The Balaban J connectivity index is 3.01. The summed E-state index contributed by atoms with van der Waals surface area (Å²) in [7, 11) is 0. The van der Waals surface area contributed by atoms with Gasteiger partial charge in [-0.2, -0.15) is 0 Å². The Morgan fingerprint density at radius 3 is 1.93 bits per heavy atom. The van der Waals surface area contributed by atoms with Crippen molar-refractivity contribution in [3.8, 4) is 0 Å². The summed E-state index contributed by atoms with van der Waals surface area (Å²) in [5.74, 6) is 1.13. The van der Waals surface area contributed by atoms with E-state index in [1.165, 1.54) is 55.6 Å². The van der Waals surface area contributed by atoms with E-state index < -0.39 is 0 Å². The zero-order chi connectivity index (χ0) is 11.4. The molecule has 2 heteroatoms. The molecule has 0 aromatic carbocycles. The van der Waals surface area contributed by atoms with Crippen LogP contribution in [-0.2, 0) is 0 Å². The van der Waals surface area contributed by atoms with Crippen LogP contribution >= 0.6 is 24.0 Å². The molecule has 0 aliphatic carbocycles. The van der Waals surface area contributed by atoms with Crippen LogP contribution in [0.25, 0.3) is 0 Å². The highest BCUT2D eigenvalue weighted by molar-refractivity contribution is 8.23. The highest BCUT2D eigenvalue weighted by Gasteiger charge is 1.96. The standard InChI is InChI=1S/C13H26S2/c1-3-5-6-7-8-9-10-11-12-13(14)15-4-2/h3-12H2,1-2H3. The van der Waals surface area contributed by atoms with Gasteiger partial charge in [0.05, 0.1) is 0 Å². The minimum absolute atomic E-state index is 1.13. The summed E-state index contributed by atoms with van der Waals surface area (Å²) in [5, 5.41) is 0. The number of rotatable bonds is 10. The molecular formula is C13H26S2. The summed E-state index contributed by atoms with van der Waals surface area (Å²) >= 11 is 7.09. The first-order chi connectivity index (χ1) is 7.31. The van der Waals surface area contributed by atoms with Gasteiger partial charge < -0.3 is 0 Å². The van der Waals surface area contributed by atoms with E-state index in [-0.39, 0.29) is 0 Å². The lowest BCUT2D eigenvalue weighted by Crippen LogP contribution is -1.89. The molecular weight excluding hydrogens is 220 g/mol. The molecule has 0 rings (SSSR count). The molecule has 0 atom stereocenters. The van der Waals surface area contributed by atoms with Crippen LogP contribution in [0.2, 0.25) is 0 Å². The SMILES string of the molecule is CCCCCCCCCCC(=S)SCC. The third-order valence-corrected chi connectivity index (χ3v) is 3.91. The lowest BCUT2D eigenvalue weighted by molar-refractivity contribution is 0.581. The highest BCUT2D eigenvalue weighted by atomic mass is 32.2. The average Bonchev–Trinajstić information content (AvgIpc) is 2.22. The quantitative estimate of drug-likeness (QED) is 0.363. The van der Waals surface area contributed by atoms with Crippen LogP contribution in [0.5, 0.6) is 0 Å². The van der Waals surface area contributed by atoms with E-state index in [0.717, 1.165) is 12.2 Å². The lowest BCUT2D eigenvalue weighted by Gasteiger charge is -2.02. The van der Waals surface area contributed by atoms with Crippen molar-refractivity contribution in [1.29, 1.82) is 0 Å². The van der Waals surface area contributed by atoms with E-state index >= 15 is 0 Å². The van der Waals surface area contributed by atoms with Crippen LogP contribution < -0.4 is 0 Å². The Morgan fingerprint density at radius 2 is 1.40 bits per heavy atom. The number of thioether (sulfide) groups is 1. The van der Waals surface area contributed by atoms with Gasteiger partial charge in [-0.05, 0) is 18.6 Å². The van der Waals surface area contributed by atoms with Crippen molar-refractivity contribution in [3.05, 3.63) is 0 Å². The summed E-state index contributed by atoms with van der Waals surface area (Å²) < 4.78 is 1.21. The number of unbranched alkanes of at least 4 members (excludes halogenated alkanes) is 7. The van der Waals surface area contributed by atoms with Crippen molar-refractivity contribution in [1.82, 2.24) is 0 Å². The van der Waals surface area contributed by atoms with Gasteiger partial charge >= 0.3 is 0 Å². The Morgan fingerprint density at radius 1 is 0.867 bits per heavy atom. The van der Waals surface area contributed by atoms with Crippen LogP contribution in [0, 0.1) is 0 Å². The summed E-state index contributed by atoms with van der Waals surface area (Å²) in [6, 6.07) is 0. The number of thiocarbonyl (C=S) groups is 1. The smallest absolute Gasteiger partial charge is 0.0478 e. The zero-order valence-corrected chi connectivity index (χ0v) is 12.0. The third kappa shape index (κ3) is 12.4. The molecule has 0 radical (unpaired) electrons. The van der Waals surface area contributed by atoms with Crippen LogP contribution in [0.3, 0.4) is 0 Å². The molecule has 15 heavy (non-hydrogen) atoms. The molecule has 0 aliphatic rings. The second-order valence-electron chi connectivity index (χ2n) is 4.03. The molecule has 0 saturated heterocycles. The molecule has 0 fully saturated rings. The van der Waals surface area contributed by atoms with E-state index in [1.807, 2.05) is 11.8 Å². The van der Waals surface area contributed by atoms with Gasteiger partial charge in [0, 0.05) is 4.20 Å². The van der Waals surface area contributed by atoms with Gasteiger partial charge in [0.1, 0.15) is 0 Å². The maximum absolute atomic E-state index is 5.25. The molecule has 0 N–H and O–H groups in total. The molecule has 0 aromatic heterocycles. The molecule has 0 bridgehead atoms. The fourth-order valence-electron chi connectivity index (χ4n) is 1.64. The van der Waals surface area contributed by atoms with E-state index in [0.29, 0.717) is 0 Å². The molecule has 0 spiro atoms. The van der Waals surface area contributed by atoms with E-state index in [4.69, 9.17) is 12.2 Å². The van der Waals surface area contributed by atoms with Crippen molar-refractivity contribution in [2.24, 2.45) is 0 Å². The Bertz CT molecular complexity index is 143. The maximum Gasteiger partial charge on any atom is 0.0478 e. The van der Waals surface area contributed by atoms with Crippen LogP contribution in [-0.4, -0.2) is 9.95 Å². The topological polar surface area (TPSA) is 0 Å². The predicted molar refractivity (Wildman–Crippen MR) is 78.0 cm³/mol. The molecule has 0 unspecified atom stereocenters. The van der Waals surface area contributed by atoms with E-state index in [1.54, 1.807) is 0 Å². The normalized spacial score (nSPS) is 10.5. The highest BCUT2D eigenvalue weighted by Crippen LogP contribution is 2.13. The van der Waals surface area contributed by atoms with Crippen molar-refractivity contribution in [2.45, 2.75) is 71.6 Å². The van der Waals surface area contributed by atoms with Gasteiger partial charge in [0.15, 0.2) is 0 Å². The zero-order valence-electron chi connectivity index (χ0n) is 10.4. The van der Waals surface area contributed by atoms with Crippen molar-refractivity contribution in [2.75, 3.05) is 5.75 Å². The van der Waals surface area contributed by atoms with E-state index in [2.05, 4.69) is 13.8 Å². The fourth-order valence-corrected chi connectivity index (χ4v) is 2.74. The summed E-state index contributed by atoms with van der Waals surface area (Å²) in [4.78, 5) is 0. The Labute approximate surface area is 106 Å². The molecule has 0 aromatic rings. The number of hydrogen-bond donors (Lipinski definition) is 0. The van der Waals surface area contributed by atoms with Crippen molar-refractivity contribution in [3.63, 3.8) is 0 Å². The third-order valence-electron chi connectivity index (χ3n) is 2.54. The Hall–Kier alpha value is 0.440. The van der Waals surface area contributed by atoms with Crippen LogP contribution in [0.1, 0.15) is 71.6 Å². The monoisotopic (exact) mass is 246 g/mol. The number of hydrogen-bond acceptors (Lipinski definition) is 2. The van der Waals surface area contributed by atoms with Crippen molar-refractivity contribution >= 4 is 28.2 Å². The molecule has 0 heterocycles. The van der Waals surface area contributed by atoms with E-state index in [9.17, 15) is 0 Å². The minimum atomic E-state index is 1.13. The summed E-state index contributed by atoms with van der Waals surface area (Å²) in [5.41, 5.74) is 0. The second kappa shape index (κ2) is 12.5. The summed E-state index contributed by atoms with van der Waals surface area (Å²) in [6.07, 6.45) is 12.3. The maximum atomic E-state index is 5.25. The largest absolute Gasteiger partial charge is 0.119 e. The first-order valence-electron chi connectivity index (χ1n) is 6.46. The molecule has 90 valence electrons. The first kappa shape index (κ1) is 15.4. The van der Waals surface area contributed by atoms with Gasteiger partial charge in [0.2, 0.25) is 0 Å². The molecule has 0 aliphatic heterocycles. The lowest BCUT2D eigenvalue weighted by atomic mass is 10.1. The van der Waals surface area contributed by atoms with Crippen molar-refractivity contribution < 1.29 is 0 Å². The van der Waals surface area contributed by atoms with Gasteiger partial charge in [0.25, 0.3) is 0 Å². The fraction of sp³-hybridized carbons (Fsp3) is 0.923. The molecule has 0 saturated carbocycles.